The summed E-state index contributed by atoms with van der Waals surface area (Å²) in [7, 11) is 2.63. The Labute approximate surface area is 59.6 Å². The van der Waals surface area contributed by atoms with Crippen LogP contribution < -0.4 is 0 Å². The van der Waals surface area contributed by atoms with Gasteiger partial charge >= 0.3 is 0 Å². The van der Waals surface area contributed by atoms with Gasteiger partial charge in [0.1, 0.15) is 0 Å². The lowest BCUT2D eigenvalue weighted by atomic mass is 10.4. The molecule has 0 saturated heterocycles. The highest BCUT2D eigenvalue weighted by Crippen LogP contribution is 2.06. The fourth-order valence-corrected chi connectivity index (χ4v) is 0.718. The van der Waals surface area contributed by atoms with Crippen LogP contribution >= 0.6 is 9.24 Å². The molecule has 0 aliphatic heterocycles. The van der Waals surface area contributed by atoms with E-state index in [1.165, 1.54) is 5.31 Å². The maximum absolute atomic E-state index is 3.59. The molecule has 0 amide bonds. The molecule has 1 atom stereocenters. The van der Waals surface area contributed by atoms with Gasteiger partial charge in [-0.1, -0.05) is 37.8 Å². The Bertz CT molecular complexity index is 132. The summed E-state index contributed by atoms with van der Waals surface area (Å²) < 4.78 is 0. The maximum atomic E-state index is 3.59. The van der Waals surface area contributed by atoms with Gasteiger partial charge in [0, 0.05) is 0 Å². The molecule has 0 radical (unpaired) electrons. The Kier molecular flexibility index (Phi) is 5.56. The maximum Gasteiger partial charge on any atom is -0.0306 e. The fraction of sp³-hybridized carbons (Fsp3) is 0.250. The summed E-state index contributed by atoms with van der Waals surface area (Å²) in [6, 6.07) is 0. The molecule has 0 aliphatic carbocycles. The van der Waals surface area contributed by atoms with Gasteiger partial charge in [-0.25, -0.2) is 0 Å². The van der Waals surface area contributed by atoms with E-state index in [2.05, 4.69) is 34.9 Å². The Morgan fingerprint density at radius 2 is 2.33 bits per heavy atom. The van der Waals surface area contributed by atoms with E-state index >= 15 is 0 Å². The predicted molar refractivity (Wildman–Crippen MR) is 47.4 cm³/mol. The van der Waals surface area contributed by atoms with Crippen LogP contribution in [-0.2, 0) is 0 Å². The van der Waals surface area contributed by atoms with E-state index in [1.54, 1.807) is 6.08 Å². The molecule has 0 N–H and O–H groups in total. The van der Waals surface area contributed by atoms with Crippen molar-refractivity contribution in [2.75, 3.05) is 0 Å². The van der Waals surface area contributed by atoms with Crippen LogP contribution in [0, 0.1) is 0 Å². The second kappa shape index (κ2) is 5.78. The zero-order valence-electron chi connectivity index (χ0n) is 5.80. The Balaban J connectivity index is 3.74. The molecule has 9 heavy (non-hydrogen) atoms. The molecule has 0 aromatic carbocycles. The van der Waals surface area contributed by atoms with Crippen molar-refractivity contribution < 1.29 is 0 Å². The van der Waals surface area contributed by atoms with E-state index in [1.807, 2.05) is 6.08 Å². The molecule has 1 heteroatoms. The fourth-order valence-electron chi connectivity index (χ4n) is 0.446. The summed E-state index contributed by atoms with van der Waals surface area (Å²) in [6.45, 7) is 5.70. The van der Waals surface area contributed by atoms with Crippen LogP contribution in [0.2, 0.25) is 0 Å². The molecule has 0 aliphatic rings. The second-order valence-corrected chi connectivity index (χ2v) is 2.38. The topological polar surface area (TPSA) is 0 Å². The SMILES string of the molecule is C=C/C=C(P)\C=C/CC. The van der Waals surface area contributed by atoms with Crippen LogP contribution in [0.25, 0.3) is 0 Å². The lowest BCUT2D eigenvalue weighted by molar-refractivity contribution is 1.22. The standard InChI is InChI=1S/C8H13P/c1-3-5-7-8(9)6-4-2/h4-7H,2-3,9H2,1H3/b7-5-,8-6+. The molecule has 1 unspecified atom stereocenters. The highest BCUT2D eigenvalue weighted by molar-refractivity contribution is 7.22. The first-order chi connectivity index (χ1) is 4.31. The zero-order valence-corrected chi connectivity index (χ0v) is 6.96. The molecule has 0 bridgehead atoms. The molecule has 0 saturated carbocycles. The largest absolute Gasteiger partial charge is 0.106 e. The van der Waals surface area contributed by atoms with Gasteiger partial charge in [-0.15, -0.1) is 9.24 Å². The van der Waals surface area contributed by atoms with Gasteiger partial charge in [0.05, 0.1) is 0 Å². The highest BCUT2D eigenvalue weighted by Gasteiger charge is 1.74. The van der Waals surface area contributed by atoms with Crippen LogP contribution in [0.5, 0.6) is 0 Å². The lowest BCUT2D eigenvalue weighted by Gasteiger charge is -1.84. The summed E-state index contributed by atoms with van der Waals surface area (Å²) in [5, 5.41) is 1.17. The minimum absolute atomic E-state index is 1.09. The van der Waals surface area contributed by atoms with Crippen molar-refractivity contribution in [1.29, 1.82) is 0 Å². The van der Waals surface area contributed by atoms with Crippen LogP contribution in [-0.4, -0.2) is 0 Å². The van der Waals surface area contributed by atoms with Crippen LogP contribution in [0.3, 0.4) is 0 Å². The number of allylic oxidation sites excluding steroid dienone is 5. The van der Waals surface area contributed by atoms with Gasteiger partial charge in [0.25, 0.3) is 0 Å². The third-order valence-electron chi connectivity index (χ3n) is 0.856. The molecular formula is C8H13P. The molecule has 0 aromatic rings. The zero-order chi connectivity index (χ0) is 7.11. The summed E-state index contributed by atoms with van der Waals surface area (Å²) in [4.78, 5) is 0. The normalized spacial score (nSPS) is 12.4. The van der Waals surface area contributed by atoms with Crippen LogP contribution in [0.15, 0.2) is 36.2 Å². The minimum atomic E-state index is 1.09. The number of hydrogen-bond donors (Lipinski definition) is 0. The van der Waals surface area contributed by atoms with Crippen molar-refractivity contribution in [3.05, 3.63) is 36.2 Å². The first-order valence-corrected chi connectivity index (χ1v) is 3.63. The Morgan fingerprint density at radius 1 is 1.67 bits per heavy atom. The minimum Gasteiger partial charge on any atom is -0.106 e. The van der Waals surface area contributed by atoms with Crippen LogP contribution in [0.4, 0.5) is 0 Å². The third-order valence-corrected chi connectivity index (χ3v) is 1.24. The summed E-state index contributed by atoms with van der Waals surface area (Å²) in [5.41, 5.74) is 0. The Morgan fingerprint density at radius 3 is 2.78 bits per heavy atom. The lowest BCUT2D eigenvalue weighted by Crippen LogP contribution is -1.58. The third kappa shape index (κ3) is 5.52. The van der Waals surface area contributed by atoms with Gasteiger partial charge in [0.15, 0.2) is 0 Å². The first kappa shape index (κ1) is 8.65. The average molecular weight is 140 g/mol. The van der Waals surface area contributed by atoms with Gasteiger partial charge in [-0.2, -0.15) is 0 Å². The van der Waals surface area contributed by atoms with E-state index < -0.39 is 0 Å². The number of hydrogen-bond acceptors (Lipinski definition) is 0. The van der Waals surface area contributed by atoms with E-state index in [-0.39, 0.29) is 0 Å². The molecule has 0 nitrogen and oxygen atoms in total. The van der Waals surface area contributed by atoms with Crippen molar-refractivity contribution in [3.8, 4) is 0 Å². The second-order valence-electron chi connectivity index (χ2n) is 1.71. The predicted octanol–water partition coefficient (Wildman–Crippen LogP) is 2.90. The van der Waals surface area contributed by atoms with E-state index in [4.69, 9.17) is 0 Å². The molecule has 0 fully saturated rings. The van der Waals surface area contributed by atoms with E-state index in [0.717, 1.165) is 6.42 Å². The summed E-state index contributed by atoms with van der Waals surface area (Å²) in [5.74, 6) is 0. The van der Waals surface area contributed by atoms with Gasteiger partial charge in [-0.3, -0.25) is 0 Å². The first-order valence-electron chi connectivity index (χ1n) is 3.06. The highest BCUT2D eigenvalue weighted by atomic mass is 31.0. The molecular weight excluding hydrogens is 127 g/mol. The number of rotatable bonds is 3. The monoisotopic (exact) mass is 140 g/mol. The molecule has 50 valence electrons. The van der Waals surface area contributed by atoms with E-state index in [0.29, 0.717) is 0 Å². The van der Waals surface area contributed by atoms with Crippen molar-refractivity contribution >= 4 is 9.24 Å². The molecule has 0 heterocycles. The smallest absolute Gasteiger partial charge is 0.0306 e. The van der Waals surface area contributed by atoms with Crippen molar-refractivity contribution in [3.63, 3.8) is 0 Å². The van der Waals surface area contributed by atoms with Crippen LogP contribution in [0.1, 0.15) is 13.3 Å². The molecule has 0 rings (SSSR count). The quantitative estimate of drug-likeness (QED) is 0.417. The Hall–Kier alpha value is -0.350. The molecule has 0 aromatic heterocycles. The summed E-state index contributed by atoms with van der Waals surface area (Å²) >= 11 is 0. The van der Waals surface area contributed by atoms with Crippen molar-refractivity contribution in [2.45, 2.75) is 13.3 Å². The van der Waals surface area contributed by atoms with E-state index in [9.17, 15) is 0 Å². The van der Waals surface area contributed by atoms with Crippen molar-refractivity contribution in [2.24, 2.45) is 0 Å². The van der Waals surface area contributed by atoms with Crippen molar-refractivity contribution in [1.82, 2.24) is 0 Å². The van der Waals surface area contributed by atoms with Gasteiger partial charge in [-0.05, 0) is 11.7 Å². The van der Waals surface area contributed by atoms with Gasteiger partial charge in [0.2, 0.25) is 0 Å². The van der Waals surface area contributed by atoms with Gasteiger partial charge < -0.3 is 0 Å². The summed E-state index contributed by atoms with van der Waals surface area (Å²) in [6.07, 6.45) is 9.00. The average Bonchev–Trinajstić information content (AvgIpc) is 1.85. The molecule has 0 spiro atoms.